The number of carboxylic acid groups (broad SMARTS) is 1. The fourth-order valence-electron chi connectivity index (χ4n) is 2.26. The molecule has 2 rings (SSSR count). The first kappa shape index (κ1) is 15.0. The number of benzene rings is 1. The molecule has 0 aliphatic carbocycles. The highest BCUT2D eigenvalue weighted by molar-refractivity contribution is 5.92. The molecule has 0 fully saturated rings. The van der Waals surface area contributed by atoms with Crippen molar-refractivity contribution in [1.82, 2.24) is 10.3 Å². The highest BCUT2D eigenvalue weighted by atomic mass is 16.8. The van der Waals surface area contributed by atoms with Crippen LogP contribution in [0, 0.1) is 5.21 Å². The van der Waals surface area contributed by atoms with Gasteiger partial charge in [0.05, 0.1) is 10.9 Å². The van der Waals surface area contributed by atoms with E-state index in [4.69, 9.17) is 5.11 Å². The largest absolute Gasteiger partial charge is 0.595 e. The van der Waals surface area contributed by atoms with E-state index < -0.39 is 23.1 Å². The molecule has 112 valence electrons. The molecule has 0 saturated carbocycles. The van der Waals surface area contributed by atoms with Gasteiger partial charge in [0, 0.05) is 25.6 Å². The number of H-pyrrole nitrogens is 1. The van der Waals surface area contributed by atoms with Crippen molar-refractivity contribution >= 4 is 28.5 Å². The molecule has 2 unspecified atom stereocenters. The summed E-state index contributed by atoms with van der Waals surface area (Å²) in [6.07, 6.45) is 1.56. The van der Waals surface area contributed by atoms with Gasteiger partial charge >= 0.3 is 5.97 Å². The molecule has 1 amide bonds. The average molecular weight is 293 g/mol. The van der Waals surface area contributed by atoms with Crippen molar-refractivity contribution in [3.8, 4) is 0 Å². The first-order chi connectivity index (χ1) is 9.90. The predicted molar refractivity (Wildman–Crippen MR) is 73.0 cm³/mol. The summed E-state index contributed by atoms with van der Waals surface area (Å²) in [4.78, 5) is 25.1. The van der Waals surface area contributed by atoms with Gasteiger partial charge in [0.1, 0.15) is 6.04 Å². The molecule has 1 aromatic carbocycles. The minimum absolute atomic E-state index is 0.000787. The van der Waals surface area contributed by atoms with Crippen LogP contribution >= 0.6 is 0 Å². The van der Waals surface area contributed by atoms with Crippen LogP contribution in [0.15, 0.2) is 24.4 Å². The molecule has 0 bridgehead atoms. The fraction of sp³-hybridized carbons (Fsp3) is 0.231. The van der Waals surface area contributed by atoms with E-state index in [1.165, 1.54) is 13.0 Å². The van der Waals surface area contributed by atoms with Crippen molar-refractivity contribution in [3.63, 3.8) is 0 Å². The molecule has 21 heavy (non-hydrogen) atoms. The zero-order chi connectivity index (χ0) is 15.6. The lowest BCUT2D eigenvalue weighted by atomic mass is 10.0. The molecule has 8 heteroatoms. The topological polar surface area (TPSA) is 130 Å². The van der Waals surface area contributed by atoms with Gasteiger partial charge in [-0.2, -0.15) is 5.23 Å². The van der Waals surface area contributed by atoms with E-state index in [9.17, 15) is 20.0 Å². The number of carbonyl (C=O) groups is 2. The highest BCUT2D eigenvalue weighted by Crippen LogP contribution is 2.25. The molecular weight excluding hydrogens is 278 g/mol. The first-order valence-electron chi connectivity index (χ1n) is 6.22. The lowest BCUT2D eigenvalue weighted by Gasteiger charge is -2.15. The number of carbonyl (C=O) groups excluding carboxylic acids is 1. The molecular formula is C13H15N3O5. The summed E-state index contributed by atoms with van der Waals surface area (Å²) in [5, 5.41) is 31.3. The summed E-state index contributed by atoms with van der Waals surface area (Å²) in [5.41, 5.74) is 1.23. The van der Waals surface area contributed by atoms with Crippen LogP contribution < -0.4 is 10.5 Å². The minimum atomic E-state index is -1.17. The Hall–Kier alpha value is -2.42. The number of amides is 1. The van der Waals surface area contributed by atoms with Crippen LogP contribution in [0.3, 0.4) is 0 Å². The van der Waals surface area contributed by atoms with Gasteiger partial charge < -0.3 is 20.6 Å². The molecule has 0 spiro atoms. The Morgan fingerprint density at radius 3 is 2.76 bits per heavy atom. The smallest absolute Gasteiger partial charge is 0.326 e. The Morgan fingerprint density at radius 2 is 2.19 bits per heavy atom. The fourth-order valence-corrected chi connectivity index (χ4v) is 2.26. The third-order valence-electron chi connectivity index (χ3n) is 3.12. The van der Waals surface area contributed by atoms with Crippen LogP contribution in [0.1, 0.15) is 12.5 Å². The lowest BCUT2D eigenvalue weighted by molar-refractivity contribution is -0.990. The number of fused-ring (bicyclic) bond motifs is 1. The van der Waals surface area contributed by atoms with Crippen molar-refractivity contribution in [2.75, 3.05) is 0 Å². The number of hydrogen-bond acceptors (Lipinski definition) is 4. The Bertz CT molecular complexity index is 679. The predicted octanol–water partition coefficient (Wildman–Crippen LogP) is -0.297. The quantitative estimate of drug-likeness (QED) is 0.483. The molecule has 0 saturated heterocycles. The van der Waals surface area contributed by atoms with E-state index >= 15 is 0 Å². The Balaban J connectivity index is 2.42. The second-order valence-corrected chi connectivity index (χ2v) is 4.64. The normalized spacial score (nSPS) is 13.9. The van der Waals surface area contributed by atoms with Crippen molar-refractivity contribution in [3.05, 3.63) is 35.2 Å². The minimum Gasteiger partial charge on any atom is -0.595 e. The molecule has 8 nitrogen and oxygen atoms in total. The van der Waals surface area contributed by atoms with Crippen LogP contribution in [0.5, 0.6) is 0 Å². The van der Waals surface area contributed by atoms with E-state index in [0.717, 1.165) is 0 Å². The van der Waals surface area contributed by atoms with Crippen LogP contribution in [0.2, 0.25) is 0 Å². The van der Waals surface area contributed by atoms with E-state index in [2.05, 4.69) is 10.3 Å². The van der Waals surface area contributed by atoms with Gasteiger partial charge in [0.15, 0.2) is 5.69 Å². The van der Waals surface area contributed by atoms with Crippen molar-refractivity contribution in [2.45, 2.75) is 19.4 Å². The lowest BCUT2D eigenvalue weighted by Crippen LogP contribution is -2.99. The van der Waals surface area contributed by atoms with Gasteiger partial charge in [-0.1, -0.05) is 6.07 Å². The van der Waals surface area contributed by atoms with Crippen LogP contribution in [0.25, 0.3) is 10.9 Å². The van der Waals surface area contributed by atoms with Crippen molar-refractivity contribution in [2.24, 2.45) is 0 Å². The van der Waals surface area contributed by atoms with Gasteiger partial charge in [-0.25, -0.2) is 10.0 Å². The summed E-state index contributed by atoms with van der Waals surface area (Å²) in [5.74, 6) is -1.63. The molecule has 1 aromatic heterocycles. The van der Waals surface area contributed by atoms with E-state index in [1.54, 1.807) is 18.3 Å². The number of carboxylic acids is 1. The molecule has 5 N–H and O–H groups in total. The maximum Gasteiger partial charge on any atom is 0.326 e. The van der Waals surface area contributed by atoms with E-state index in [-0.39, 0.29) is 12.1 Å². The number of quaternary nitrogens is 1. The van der Waals surface area contributed by atoms with Crippen LogP contribution in [0.4, 0.5) is 5.69 Å². The van der Waals surface area contributed by atoms with E-state index in [0.29, 0.717) is 16.5 Å². The number of aromatic amines is 1. The first-order valence-corrected chi connectivity index (χ1v) is 6.22. The van der Waals surface area contributed by atoms with Gasteiger partial charge in [0.25, 0.3) is 0 Å². The van der Waals surface area contributed by atoms with E-state index in [1.807, 2.05) is 0 Å². The summed E-state index contributed by atoms with van der Waals surface area (Å²) in [7, 11) is 0. The molecule has 1 heterocycles. The summed E-state index contributed by atoms with van der Waals surface area (Å²) in [6, 6.07) is 3.66. The summed E-state index contributed by atoms with van der Waals surface area (Å²) < 4.78 is 0. The number of hydrogen-bond donors (Lipinski definition) is 5. The summed E-state index contributed by atoms with van der Waals surface area (Å²) >= 11 is 0. The van der Waals surface area contributed by atoms with Gasteiger partial charge in [-0.15, -0.1) is 0 Å². The SMILES string of the molecule is CC(=O)NC(Cc1c[nH]c2cccc([NH+]([O-])O)c12)C(=O)O. The van der Waals surface area contributed by atoms with Crippen LogP contribution in [-0.4, -0.2) is 33.2 Å². The second kappa shape index (κ2) is 5.92. The molecule has 2 aromatic rings. The maximum atomic E-state index is 11.3. The number of aliphatic carboxylic acids is 1. The highest BCUT2D eigenvalue weighted by Gasteiger charge is 2.22. The van der Waals surface area contributed by atoms with Crippen molar-refractivity contribution in [1.29, 1.82) is 0 Å². The number of nitrogens with one attached hydrogen (secondary N) is 3. The van der Waals surface area contributed by atoms with Gasteiger partial charge in [0.2, 0.25) is 5.91 Å². The van der Waals surface area contributed by atoms with Crippen molar-refractivity contribution < 1.29 is 25.1 Å². The zero-order valence-corrected chi connectivity index (χ0v) is 11.2. The van der Waals surface area contributed by atoms with Gasteiger partial charge in [-0.3, -0.25) is 4.79 Å². The standard InChI is InChI=1S/C13H15N3O5/c1-7(17)15-10(13(18)19)5-8-6-14-9-3-2-4-11(12(8)9)16(20)21/h2-4,6,10,14,16,20H,5H2,1H3,(H,15,17)(H,18,19). The third-order valence-corrected chi connectivity index (χ3v) is 3.12. The Labute approximate surface area is 119 Å². The third kappa shape index (κ3) is 3.19. The Kier molecular flexibility index (Phi) is 4.22. The zero-order valence-electron chi connectivity index (χ0n) is 11.2. The second-order valence-electron chi connectivity index (χ2n) is 4.64. The maximum absolute atomic E-state index is 11.3. The molecule has 0 radical (unpaired) electrons. The molecule has 0 aliphatic rings. The molecule has 0 aliphatic heterocycles. The number of rotatable bonds is 5. The summed E-state index contributed by atoms with van der Waals surface area (Å²) in [6.45, 7) is 1.23. The number of aromatic nitrogens is 1. The van der Waals surface area contributed by atoms with Gasteiger partial charge in [-0.05, 0) is 11.6 Å². The Morgan fingerprint density at radius 1 is 1.48 bits per heavy atom. The monoisotopic (exact) mass is 293 g/mol. The van der Waals surface area contributed by atoms with Crippen LogP contribution in [-0.2, 0) is 16.0 Å². The molecule has 2 atom stereocenters. The average Bonchev–Trinajstić information content (AvgIpc) is 2.80.